The molecule has 0 aromatic heterocycles. The van der Waals surface area contributed by atoms with Gasteiger partial charge in [0.1, 0.15) is 0 Å². The van der Waals surface area contributed by atoms with Crippen molar-refractivity contribution >= 4 is 20.6 Å². The van der Waals surface area contributed by atoms with Crippen LogP contribution in [0, 0.1) is 0 Å². The summed E-state index contributed by atoms with van der Waals surface area (Å²) in [6.45, 7) is 2.16. The van der Waals surface area contributed by atoms with E-state index in [1.165, 1.54) is 19.3 Å². The molecular weight excluding hydrogens is 272 g/mol. The molecule has 1 rings (SSSR count). The Morgan fingerprint density at radius 2 is 1.72 bits per heavy atom. The zero-order valence-electron chi connectivity index (χ0n) is 11.0. The molecule has 0 aliphatic carbocycles. The molecule has 0 unspecified atom stereocenters. The van der Waals surface area contributed by atoms with Crippen LogP contribution in [0.3, 0.4) is 0 Å². The van der Waals surface area contributed by atoms with E-state index in [1.54, 1.807) is 0 Å². The summed E-state index contributed by atoms with van der Waals surface area (Å²) < 4.78 is 34.5. The summed E-state index contributed by atoms with van der Waals surface area (Å²) in [5, 5.41) is 9.03. The standard InChI is InChI=1S/C12H24O4S2/c1-2-3-4-5-6-7-8-17(14)12-10-18(15,16)9-11(12)13/h11-13H,2-10H2,1H3/t11-,12-,17-/m0/s1. The molecule has 0 saturated carbocycles. The van der Waals surface area contributed by atoms with Crippen molar-refractivity contribution in [2.45, 2.75) is 56.8 Å². The fraction of sp³-hybridized carbons (Fsp3) is 1.00. The van der Waals surface area contributed by atoms with Crippen LogP contribution in [0.2, 0.25) is 0 Å². The molecule has 108 valence electrons. The van der Waals surface area contributed by atoms with Crippen LogP contribution in [0.25, 0.3) is 0 Å². The summed E-state index contributed by atoms with van der Waals surface area (Å²) in [6, 6.07) is 0. The Balaban J connectivity index is 2.21. The summed E-state index contributed by atoms with van der Waals surface area (Å²) in [5.74, 6) is 0.180. The Hall–Kier alpha value is 0.0600. The Kier molecular flexibility index (Phi) is 6.81. The lowest BCUT2D eigenvalue weighted by Crippen LogP contribution is -2.30. The van der Waals surface area contributed by atoms with E-state index in [4.69, 9.17) is 0 Å². The summed E-state index contributed by atoms with van der Waals surface area (Å²) in [5.41, 5.74) is 0. The number of unbranched alkanes of at least 4 members (excludes halogenated alkanes) is 5. The number of sulfone groups is 1. The minimum Gasteiger partial charge on any atom is -0.391 e. The second-order valence-corrected chi connectivity index (χ2v) is 8.96. The third-order valence-corrected chi connectivity index (χ3v) is 7.08. The normalized spacial score (nSPS) is 28.3. The van der Waals surface area contributed by atoms with Crippen molar-refractivity contribution in [3.63, 3.8) is 0 Å². The predicted molar refractivity (Wildman–Crippen MR) is 74.8 cm³/mol. The van der Waals surface area contributed by atoms with Crippen LogP contribution in [-0.2, 0) is 20.6 Å². The van der Waals surface area contributed by atoms with E-state index < -0.39 is 32.0 Å². The van der Waals surface area contributed by atoms with Gasteiger partial charge in [-0.25, -0.2) is 8.42 Å². The van der Waals surface area contributed by atoms with Crippen molar-refractivity contribution in [2.75, 3.05) is 17.3 Å². The molecule has 18 heavy (non-hydrogen) atoms. The monoisotopic (exact) mass is 296 g/mol. The number of hydrogen-bond acceptors (Lipinski definition) is 4. The first kappa shape index (κ1) is 16.1. The van der Waals surface area contributed by atoms with Crippen LogP contribution >= 0.6 is 0 Å². The molecule has 0 amide bonds. The van der Waals surface area contributed by atoms with Gasteiger partial charge in [-0.05, 0) is 6.42 Å². The van der Waals surface area contributed by atoms with Crippen molar-refractivity contribution in [2.24, 2.45) is 0 Å². The third kappa shape index (κ3) is 5.36. The van der Waals surface area contributed by atoms with E-state index in [0.29, 0.717) is 5.75 Å². The SMILES string of the molecule is CCCCCCCC[S@](=O)[C@H]1CS(=O)(=O)C[C@@H]1O. The van der Waals surface area contributed by atoms with Gasteiger partial charge in [-0.3, -0.25) is 4.21 Å². The molecular formula is C12H24O4S2. The number of aliphatic hydroxyl groups is 1. The van der Waals surface area contributed by atoms with E-state index in [0.717, 1.165) is 19.3 Å². The first-order valence-electron chi connectivity index (χ1n) is 6.72. The van der Waals surface area contributed by atoms with Crippen LogP contribution in [0.1, 0.15) is 45.4 Å². The lowest BCUT2D eigenvalue weighted by atomic mass is 10.1. The lowest BCUT2D eigenvalue weighted by molar-refractivity contribution is 0.206. The van der Waals surface area contributed by atoms with Gasteiger partial charge in [0, 0.05) is 16.6 Å². The average Bonchev–Trinajstić information content (AvgIpc) is 2.57. The van der Waals surface area contributed by atoms with Gasteiger partial charge < -0.3 is 5.11 Å². The van der Waals surface area contributed by atoms with Gasteiger partial charge in [0.25, 0.3) is 0 Å². The zero-order valence-corrected chi connectivity index (χ0v) is 12.6. The van der Waals surface area contributed by atoms with Crippen molar-refractivity contribution in [1.82, 2.24) is 0 Å². The molecule has 0 radical (unpaired) electrons. The van der Waals surface area contributed by atoms with Crippen molar-refractivity contribution < 1.29 is 17.7 Å². The Bertz CT molecular complexity index is 364. The molecule has 0 aromatic rings. The van der Waals surface area contributed by atoms with Gasteiger partial charge in [-0.15, -0.1) is 0 Å². The average molecular weight is 296 g/mol. The van der Waals surface area contributed by atoms with Gasteiger partial charge >= 0.3 is 0 Å². The zero-order chi connectivity index (χ0) is 13.6. The fourth-order valence-corrected chi connectivity index (χ4v) is 6.42. The van der Waals surface area contributed by atoms with Crippen molar-refractivity contribution in [3.05, 3.63) is 0 Å². The Morgan fingerprint density at radius 1 is 1.11 bits per heavy atom. The highest BCUT2D eigenvalue weighted by Gasteiger charge is 2.39. The molecule has 3 atom stereocenters. The van der Waals surface area contributed by atoms with Crippen LogP contribution in [0.5, 0.6) is 0 Å². The van der Waals surface area contributed by atoms with Crippen molar-refractivity contribution in [3.8, 4) is 0 Å². The van der Waals surface area contributed by atoms with Crippen LogP contribution in [-0.4, -0.2) is 46.3 Å². The fourth-order valence-electron chi connectivity index (χ4n) is 2.22. The van der Waals surface area contributed by atoms with Gasteiger partial charge in [-0.2, -0.15) is 0 Å². The maximum absolute atomic E-state index is 11.9. The van der Waals surface area contributed by atoms with Crippen molar-refractivity contribution in [1.29, 1.82) is 0 Å². The van der Waals surface area contributed by atoms with Gasteiger partial charge in [0.05, 0.1) is 22.9 Å². The Morgan fingerprint density at radius 3 is 2.28 bits per heavy atom. The first-order valence-corrected chi connectivity index (χ1v) is 9.92. The van der Waals surface area contributed by atoms with Crippen LogP contribution in [0.15, 0.2) is 0 Å². The highest BCUT2D eigenvalue weighted by Crippen LogP contribution is 2.19. The maximum Gasteiger partial charge on any atom is 0.154 e. The molecule has 1 aliphatic rings. The second kappa shape index (κ2) is 7.60. The summed E-state index contributed by atoms with van der Waals surface area (Å²) in [7, 11) is -4.38. The molecule has 1 heterocycles. The summed E-state index contributed by atoms with van der Waals surface area (Å²) in [4.78, 5) is 0. The molecule has 1 fully saturated rings. The maximum atomic E-state index is 11.9. The summed E-state index contributed by atoms with van der Waals surface area (Å²) in [6.07, 6.45) is 5.78. The number of hydrogen-bond donors (Lipinski definition) is 1. The van der Waals surface area contributed by atoms with Gasteiger partial charge in [0.2, 0.25) is 0 Å². The lowest BCUT2D eigenvalue weighted by Gasteiger charge is -2.12. The van der Waals surface area contributed by atoms with E-state index >= 15 is 0 Å². The second-order valence-electron chi connectivity index (χ2n) is 5.04. The largest absolute Gasteiger partial charge is 0.391 e. The van der Waals surface area contributed by atoms with E-state index in [2.05, 4.69) is 6.92 Å². The minimum atomic E-state index is -3.18. The molecule has 0 bridgehead atoms. The summed E-state index contributed by atoms with van der Waals surface area (Å²) >= 11 is 0. The predicted octanol–water partition coefficient (Wildman–Crippen LogP) is 1.25. The molecule has 1 aliphatic heterocycles. The third-order valence-electron chi connectivity index (χ3n) is 3.31. The molecule has 4 nitrogen and oxygen atoms in total. The van der Waals surface area contributed by atoms with Crippen LogP contribution < -0.4 is 0 Å². The first-order chi connectivity index (χ1) is 8.46. The minimum absolute atomic E-state index is 0.114. The highest BCUT2D eigenvalue weighted by molar-refractivity contribution is 7.94. The van der Waals surface area contributed by atoms with Gasteiger partial charge in [0.15, 0.2) is 9.84 Å². The molecule has 0 aromatic carbocycles. The highest BCUT2D eigenvalue weighted by atomic mass is 32.2. The van der Waals surface area contributed by atoms with E-state index in [1.807, 2.05) is 0 Å². The smallest absolute Gasteiger partial charge is 0.154 e. The Labute approximate surface area is 113 Å². The topological polar surface area (TPSA) is 71.4 Å². The van der Waals surface area contributed by atoms with Gasteiger partial charge in [-0.1, -0.05) is 39.0 Å². The quantitative estimate of drug-likeness (QED) is 0.684. The van der Waals surface area contributed by atoms with E-state index in [9.17, 15) is 17.7 Å². The molecule has 0 spiro atoms. The number of aliphatic hydroxyl groups excluding tert-OH is 1. The van der Waals surface area contributed by atoms with Crippen LogP contribution in [0.4, 0.5) is 0 Å². The molecule has 1 saturated heterocycles. The number of rotatable bonds is 8. The van der Waals surface area contributed by atoms with E-state index in [-0.39, 0.29) is 11.5 Å². The molecule has 6 heteroatoms. The molecule has 1 N–H and O–H groups in total.